The maximum absolute atomic E-state index is 13.2. The minimum Gasteiger partial charge on any atom is -0.489 e. The van der Waals surface area contributed by atoms with Gasteiger partial charge in [-0.15, -0.1) is 0 Å². The van der Waals surface area contributed by atoms with Crippen LogP contribution in [0.15, 0.2) is 53.4 Å². The summed E-state index contributed by atoms with van der Waals surface area (Å²) in [6.07, 6.45) is 2.66. The molecular formula is C26H33N3O5S. The quantitative estimate of drug-likeness (QED) is 0.598. The zero-order valence-electron chi connectivity index (χ0n) is 20.3. The van der Waals surface area contributed by atoms with Crippen LogP contribution >= 0.6 is 0 Å². The van der Waals surface area contributed by atoms with Crippen LogP contribution in [0.4, 0.5) is 5.69 Å². The number of hydrogen-bond donors (Lipinski definition) is 1. The van der Waals surface area contributed by atoms with Gasteiger partial charge in [-0.2, -0.15) is 4.31 Å². The van der Waals surface area contributed by atoms with Crippen molar-refractivity contribution in [2.24, 2.45) is 5.92 Å². The average Bonchev–Trinajstić information content (AvgIpc) is 3.21. The minimum atomic E-state index is -3.67. The number of nitrogens with one attached hydrogen (secondary N) is 1. The van der Waals surface area contributed by atoms with Gasteiger partial charge in [-0.1, -0.05) is 36.8 Å². The van der Waals surface area contributed by atoms with Crippen molar-refractivity contribution in [3.63, 3.8) is 0 Å². The Labute approximate surface area is 207 Å². The van der Waals surface area contributed by atoms with Crippen molar-refractivity contribution in [1.29, 1.82) is 0 Å². The summed E-state index contributed by atoms with van der Waals surface area (Å²) in [6.45, 7) is 5.48. The van der Waals surface area contributed by atoms with E-state index in [2.05, 4.69) is 5.32 Å². The molecule has 0 spiro atoms. The average molecular weight is 500 g/mol. The fourth-order valence-electron chi connectivity index (χ4n) is 4.52. The van der Waals surface area contributed by atoms with Gasteiger partial charge < -0.3 is 15.0 Å². The van der Waals surface area contributed by atoms with Gasteiger partial charge in [0.1, 0.15) is 5.75 Å². The molecule has 2 aliphatic rings. The highest BCUT2D eigenvalue weighted by atomic mass is 32.2. The standard InChI is InChI=1S/C26H33N3O5S/c1-19(2)34-24-12-11-22(35(32,33)29-13-7-4-8-14-29)16-23(24)27-26(31)21-15-25(30)28(18-21)17-20-9-5-3-6-10-20/h3,5-6,9-12,16,19,21H,4,7-8,13-15,17-18H2,1-2H3,(H,27,31)/t21-/m0/s1. The SMILES string of the molecule is CC(C)Oc1ccc(S(=O)(=O)N2CCCCC2)cc1NC(=O)[C@H]1CC(=O)N(Cc2ccccc2)C1. The van der Waals surface area contributed by atoms with E-state index in [-0.39, 0.29) is 29.2 Å². The minimum absolute atomic E-state index is 0.0749. The van der Waals surface area contributed by atoms with Gasteiger partial charge in [-0.3, -0.25) is 9.59 Å². The van der Waals surface area contributed by atoms with Crippen molar-refractivity contribution in [2.75, 3.05) is 25.0 Å². The normalized spacial score (nSPS) is 19.2. The second-order valence-electron chi connectivity index (χ2n) is 9.44. The Balaban J connectivity index is 1.52. The van der Waals surface area contributed by atoms with Crippen molar-refractivity contribution in [3.8, 4) is 5.75 Å². The zero-order chi connectivity index (χ0) is 25.0. The van der Waals surface area contributed by atoms with Crippen LogP contribution in [0, 0.1) is 5.92 Å². The number of carbonyl (C=O) groups is 2. The van der Waals surface area contributed by atoms with E-state index < -0.39 is 15.9 Å². The number of sulfonamides is 1. The van der Waals surface area contributed by atoms with Crippen LogP contribution in [0.2, 0.25) is 0 Å². The first-order valence-electron chi connectivity index (χ1n) is 12.2. The molecule has 4 rings (SSSR count). The molecule has 0 radical (unpaired) electrons. The number of ether oxygens (including phenoxy) is 1. The van der Waals surface area contributed by atoms with Crippen molar-refractivity contribution in [1.82, 2.24) is 9.21 Å². The lowest BCUT2D eigenvalue weighted by atomic mass is 10.1. The molecule has 2 amide bonds. The Morgan fingerprint density at radius 2 is 1.80 bits per heavy atom. The van der Waals surface area contributed by atoms with Crippen molar-refractivity contribution in [2.45, 2.75) is 57.1 Å². The Morgan fingerprint density at radius 3 is 2.49 bits per heavy atom. The molecule has 0 bridgehead atoms. The lowest BCUT2D eigenvalue weighted by molar-refractivity contribution is -0.128. The van der Waals surface area contributed by atoms with E-state index >= 15 is 0 Å². The van der Waals surface area contributed by atoms with E-state index in [1.807, 2.05) is 44.2 Å². The second-order valence-corrected chi connectivity index (χ2v) is 11.4. The smallest absolute Gasteiger partial charge is 0.243 e. The lowest BCUT2D eigenvalue weighted by Gasteiger charge is -2.26. The molecule has 0 unspecified atom stereocenters. The molecule has 188 valence electrons. The van der Waals surface area contributed by atoms with Crippen molar-refractivity contribution < 1.29 is 22.7 Å². The number of amides is 2. The fourth-order valence-corrected chi connectivity index (χ4v) is 6.06. The topological polar surface area (TPSA) is 96.0 Å². The third-order valence-electron chi connectivity index (χ3n) is 6.33. The van der Waals surface area contributed by atoms with E-state index in [9.17, 15) is 18.0 Å². The molecule has 0 saturated carbocycles. The van der Waals surface area contributed by atoms with Crippen LogP contribution in [-0.2, 0) is 26.2 Å². The molecular weight excluding hydrogens is 466 g/mol. The maximum Gasteiger partial charge on any atom is 0.243 e. The number of rotatable bonds is 8. The highest BCUT2D eigenvalue weighted by Crippen LogP contribution is 2.32. The van der Waals surface area contributed by atoms with Crippen LogP contribution in [0.1, 0.15) is 45.1 Å². The molecule has 2 aromatic carbocycles. The molecule has 2 fully saturated rings. The Bertz CT molecular complexity index is 1160. The Morgan fingerprint density at radius 1 is 1.09 bits per heavy atom. The number of likely N-dealkylation sites (tertiary alicyclic amines) is 1. The summed E-state index contributed by atoms with van der Waals surface area (Å²) < 4.78 is 33.7. The number of piperidine rings is 1. The van der Waals surface area contributed by atoms with Gasteiger partial charge in [0.25, 0.3) is 0 Å². The molecule has 2 aromatic rings. The van der Waals surface area contributed by atoms with E-state index in [1.165, 1.54) is 16.4 Å². The Kier molecular flexibility index (Phi) is 7.76. The van der Waals surface area contributed by atoms with Crippen LogP contribution in [0.5, 0.6) is 5.75 Å². The summed E-state index contributed by atoms with van der Waals surface area (Å²) in [5.41, 5.74) is 1.31. The van der Waals surface area contributed by atoms with E-state index in [0.29, 0.717) is 37.6 Å². The third-order valence-corrected chi connectivity index (χ3v) is 8.22. The molecule has 1 N–H and O–H groups in total. The first-order chi connectivity index (χ1) is 16.7. The monoisotopic (exact) mass is 499 g/mol. The van der Waals surface area contributed by atoms with Gasteiger partial charge in [-0.05, 0) is 50.5 Å². The molecule has 0 aliphatic carbocycles. The summed E-state index contributed by atoms with van der Waals surface area (Å²) in [5, 5.41) is 2.85. The first-order valence-corrected chi connectivity index (χ1v) is 13.6. The van der Waals surface area contributed by atoms with E-state index in [4.69, 9.17) is 4.74 Å². The lowest BCUT2D eigenvalue weighted by Crippen LogP contribution is -2.35. The molecule has 2 saturated heterocycles. The summed E-state index contributed by atoms with van der Waals surface area (Å²) in [4.78, 5) is 27.5. The van der Waals surface area contributed by atoms with Crippen LogP contribution in [0.3, 0.4) is 0 Å². The van der Waals surface area contributed by atoms with Gasteiger partial charge >= 0.3 is 0 Å². The molecule has 8 nitrogen and oxygen atoms in total. The predicted octanol–water partition coefficient (Wildman–Crippen LogP) is 3.64. The zero-order valence-corrected chi connectivity index (χ0v) is 21.1. The van der Waals surface area contributed by atoms with Crippen LogP contribution < -0.4 is 10.1 Å². The highest BCUT2D eigenvalue weighted by Gasteiger charge is 2.35. The number of benzene rings is 2. The van der Waals surface area contributed by atoms with Crippen molar-refractivity contribution >= 4 is 27.5 Å². The molecule has 35 heavy (non-hydrogen) atoms. The van der Waals surface area contributed by atoms with Gasteiger partial charge in [0, 0.05) is 32.6 Å². The number of hydrogen-bond acceptors (Lipinski definition) is 5. The molecule has 1 atom stereocenters. The van der Waals surface area contributed by atoms with E-state index in [1.54, 1.807) is 11.0 Å². The maximum atomic E-state index is 13.2. The van der Waals surface area contributed by atoms with Gasteiger partial charge in [0.15, 0.2) is 0 Å². The van der Waals surface area contributed by atoms with Gasteiger partial charge in [0.05, 0.1) is 22.6 Å². The third kappa shape index (κ3) is 6.02. The van der Waals surface area contributed by atoms with E-state index in [0.717, 1.165) is 24.8 Å². The molecule has 0 aromatic heterocycles. The van der Waals surface area contributed by atoms with Gasteiger partial charge in [0.2, 0.25) is 21.8 Å². The van der Waals surface area contributed by atoms with Crippen LogP contribution in [-0.4, -0.2) is 55.2 Å². The second kappa shape index (κ2) is 10.8. The number of anilines is 1. The summed E-state index contributed by atoms with van der Waals surface area (Å²) in [7, 11) is -3.67. The molecule has 9 heteroatoms. The predicted molar refractivity (Wildman–Crippen MR) is 133 cm³/mol. The Hall–Kier alpha value is -2.91. The first kappa shape index (κ1) is 25.2. The largest absolute Gasteiger partial charge is 0.489 e. The van der Waals surface area contributed by atoms with Crippen molar-refractivity contribution in [3.05, 3.63) is 54.1 Å². The summed E-state index contributed by atoms with van der Waals surface area (Å²) in [6, 6.07) is 14.2. The summed E-state index contributed by atoms with van der Waals surface area (Å²) in [5.74, 6) is -0.527. The summed E-state index contributed by atoms with van der Waals surface area (Å²) >= 11 is 0. The number of carbonyl (C=O) groups excluding carboxylic acids is 2. The molecule has 2 heterocycles. The highest BCUT2D eigenvalue weighted by molar-refractivity contribution is 7.89. The van der Waals surface area contributed by atoms with Crippen LogP contribution in [0.25, 0.3) is 0 Å². The number of nitrogens with zero attached hydrogens (tertiary/aromatic N) is 2. The molecule has 2 aliphatic heterocycles. The fraction of sp³-hybridized carbons (Fsp3) is 0.462. The van der Waals surface area contributed by atoms with Gasteiger partial charge in [-0.25, -0.2) is 8.42 Å².